The lowest BCUT2D eigenvalue weighted by molar-refractivity contribution is -0.140. The Hall–Kier alpha value is -2.14. The fourth-order valence-electron chi connectivity index (χ4n) is 2.69. The van der Waals surface area contributed by atoms with Gasteiger partial charge in [0, 0.05) is 17.6 Å². The molecule has 0 aliphatic rings. The summed E-state index contributed by atoms with van der Waals surface area (Å²) >= 11 is 3.43. The summed E-state index contributed by atoms with van der Waals surface area (Å²) in [5, 5.41) is 2.94. The Bertz CT molecular complexity index is 745. The van der Waals surface area contributed by atoms with Crippen LogP contribution in [-0.4, -0.2) is 29.3 Å². The molecule has 1 atom stereocenters. The van der Waals surface area contributed by atoms with Crippen LogP contribution in [0.15, 0.2) is 59.1 Å². The predicted molar refractivity (Wildman–Crippen MR) is 112 cm³/mol. The molecule has 2 aromatic rings. The Balaban J connectivity index is 2.17. The Morgan fingerprint density at radius 2 is 1.59 bits per heavy atom. The lowest BCUT2D eigenvalue weighted by Gasteiger charge is -2.29. The SMILES string of the molecule is CC(C)CNC(=O)C(C)N(Cc1ccc(Br)cc1)C(=O)Cc1ccccc1. The van der Waals surface area contributed by atoms with Crippen LogP contribution in [0.5, 0.6) is 0 Å². The molecule has 0 spiro atoms. The molecule has 0 aromatic heterocycles. The van der Waals surface area contributed by atoms with Crippen molar-refractivity contribution in [2.75, 3.05) is 6.54 Å². The summed E-state index contributed by atoms with van der Waals surface area (Å²) in [6, 6.07) is 16.9. The van der Waals surface area contributed by atoms with Crippen LogP contribution >= 0.6 is 15.9 Å². The van der Waals surface area contributed by atoms with Gasteiger partial charge in [0.1, 0.15) is 6.04 Å². The van der Waals surface area contributed by atoms with Crippen molar-refractivity contribution in [2.45, 2.75) is 39.8 Å². The average Bonchev–Trinajstić information content (AvgIpc) is 2.65. The fourth-order valence-corrected chi connectivity index (χ4v) is 2.96. The maximum absolute atomic E-state index is 13.0. The van der Waals surface area contributed by atoms with Gasteiger partial charge in [0.15, 0.2) is 0 Å². The van der Waals surface area contributed by atoms with Gasteiger partial charge in [-0.05, 0) is 36.1 Å². The van der Waals surface area contributed by atoms with E-state index in [1.165, 1.54) is 0 Å². The highest BCUT2D eigenvalue weighted by atomic mass is 79.9. The molecule has 1 N–H and O–H groups in total. The Labute approximate surface area is 170 Å². The maximum Gasteiger partial charge on any atom is 0.242 e. The summed E-state index contributed by atoms with van der Waals surface area (Å²) in [6.45, 7) is 6.88. The quantitative estimate of drug-likeness (QED) is 0.682. The van der Waals surface area contributed by atoms with Crippen molar-refractivity contribution in [2.24, 2.45) is 5.92 Å². The van der Waals surface area contributed by atoms with Gasteiger partial charge in [-0.25, -0.2) is 0 Å². The molecule has 0 aliphatic heterocycles. The van der Waals surface area contributed by atoms with E-state index in [2.05, 4.69) is 21.2 Å². The molecule has 144 valence electrons. The number of nitrogens with one attached hydrogen (secondary N) is 1. The predicted octanol–water partition coefficient (Wildman–Crippen LogP) is 4.18. The highest BCUT2D eigenvalue weighted by Crippen LogP contribution is 2.15. The number of carbonyl (C=O) groups is 2. The minimum Gasteiger partial charge on any atom is -0.354 e. The van der Waals surface area contributed by atoms with E-state index >= 15 is 0 Å². The topological polar surface area (TPSA) is 49.4 Å². The van der Waals surface area contributed by atoms with Crippen molar-refractivity contribution < 1.29 is 9.59 Å². The van der Waals surface area contributed by atoms with Crippen LogP contribution in [0.3, 0.4) is 0 Å². The van der Waals surface area contributed by atoms with Crippen molar-refractivity contribution in [3.05, 3.63) is 70.2 Å². The molecule has 0 heterocycles. The Morgan fingerprint density at radius 3 is 2.19 bits per heavy atom. The van der Waals surface area contributed by atoms with Gasteiger partial charge in [-0.3, -0.25) is 9.59 Å². The molecule has 0 saturated heterocycles. The van der Waals surface area contributed by atoms with E-state index in [1.807, 2.05) is 68.4 Å². The summed E-state index contributed by atoms with van der Waals surface area (Å²) in [6.07, 6.45) is 0.277. The smallest absolute Gasteiger partial charge is 0.242 e. The van der Waals surface area contributed by atoms with E-state index in [4.69, 9.17) is 0 Å². The molecule has 2 aromatic carbocycles. The molecule has 27 heavy (non-hydrogen) atoms. The zero-order valence-electron chi connectivity index (χ0n) is 16.1. The van der Waals surface area contributed by atoms with Gasteiger partial charge in [0.2, 0.25) is 11.8 Å². The summed E-state index contributed by atoms with van der Waals surface area (Å²) in [5.41, 5.74) is 1.93. The highest BCUT2D eigenvalue weighted by Gasteiger charge is 2.26. The molecule has 0 fully saturated rings. The van der Waals surface area contributed by atoms with E-state index in [0.717, 1.165) is 15.6 Å². The Morgan fingerprint density at radius 1 is 0.963 bits per heavy atom. The molecule has 0 aliphatic carbocycles. The van der Waals surface area contributed by atoms with Gasteiger partial charge in [0.05, 0.1) is 6.42 Å². The zero-order chi connectivity index (χ0) is 19.8. The summed E-state index contributed by atoms with van der Waals surface area (Å²) in [7, 11) is 0. The minimum atomic E-state index is -0.538. The van der Waals surface area contributed by atoms with Crippen molar-refractivity contribution in [3.63, 3.8) is 0 Å². The number of benzene rings is 2. The third-order valence-corrected chi connectivity index (χ3v) is 4.84. The standard InChI is InChI=1S/C22H27BrN2O2/c1-16(2)14-24-22(27)17(3)25(15-19-9-11-20(23)12-10-19)21(26)13-18-7-5-4-6-8-18/h4-12,16-17H,13-15H2,1-3H3,(H,24,27). The number of nitrogens with zero attached hydrogens (tertiary/aromatic N) is 1. The van der Waals surface area contributed by atoms with Crippen LogP contribution in [0.25, 0.3) is 0 Å². The number of carbonyl (C=O) groups excluding carboxylic acids is 2. The van der Waals surface area contributed by atoms with Gasteiger partial charge < -0.3 is 10.2 Å². The first-order valence-corrected chi connectivity index (χ1v) is 10.0. The molecule has 4 nitrogen and oxygen atoms in total. The molecule has 0 radical (unpaired) electrons. The van der Waals surface area contributed by atoms with E-state index in [0.29, 0.717) is 19.0 Å². The van der Waals surface area contributed by atoms with Crippen LogP contribution < -0.4 is 5.32 Å². The second kappa shape index (κ2) is 10.3. The molecule has 0 saturated carbocycles. The van der Waals surface area contributed by atoms with E-state index in [1.54, 1.807) is 11.8 Å². The Kier molecular flexibility index (Phi) is 8.04. The third-order valence-electron chi connectivity index (χ3n) is 4.32. The van der Waals surface area contributed by atoms with E-state index in [-0.39, 0.29) is 18.2 Å². The number of rotatable bonds is 8. The molecular formula is C22H27BrN2O2. The second-order valence-electron chi connectivity index (χ2n) is 7.13. The van der Waals surface area contributed by atoms with Gasteiger partial charge in [-0.2, -0.15) is 0 Å². The van der Waals surface area contributed by atoms with Crippen LogP contribution in [0.4, 0.5) is 0 Å². The van der Waals surface area contributed by atoms with Gasteiger partial charge >= 0.3 is 0 Å². The first-order chi connectivity index (χ1) is 12.9. The number of hydrogen-bond acceptors (Lipinski definition) is 2. The normalized spacial score (nSPS) is 11.9. The van der Waals surface area contributed by atoms with Crippen LogP contribution in [-0.2, 0) is 22.6 Å². The summed E-state index contributed by atoms with van der Waals surface area (Å²) in [4.78, 5) is 27.2. The van der Waals surface area contributed by atoms with E-state index < -0.39 is 6.04 Å². The summed E-state index contributed by atoms with van der Waals surface area (Å²) in [5.74, 6) is 0.180. The van der Waals surface area contributed by atoms with Crippen LogP contribution in [0, 0.1) is 5.92 Å². The van der Waals surface area contributed by atoms with Crippen molar-refractivity contribution in [1.82, 2.24) is 10.2 Å². The second-order valence-corrected chi connectivity index (χ2v) is 8.04. The largest absolute Gasteiger partial charge is 0.354 e. The zero-order valence-corrected chi connectivity index (χ0v) is 17.7. The summed E-state index contributed by atoms with van der Waals surface area (Å²) < 4.78 is 0.983. The van der Waals surface area contributed by atoms with Crippen molar-refractivity contribution in [1.29, 1.82) is 0 Å². The van der Waals surface area contributed by atoms with Gasteiger partial charge in [0.25, 0.3) is 0 Å². The maximum atomic E-state index is 13.0. The third kappa shape index (κ3) is 6.83. The molecular weight excluding hydrogens is 404 g/mol. The van der Waals surface area contributed by atoms with Crippen LogP contribution in [0.2, 0.25) is 0 Å². The van der Waals surface area contributed by atoms with Crippen LogP contribution in [0.1, 0.15) is 31.9 Å². The first kappa shape index (κ1) is 21.2. The molecule has 5 heteroatoms. The average molecular weight is 431 g/mol. The molecule has 0 bridgehead atoms. The number of halogens is 1. The fraction of sp³-hybridized carbons (Fsp3) is 0.364. The van der Waals surface area contributed by atoms with Gasteiger partial charge in [-0.1, -0.05) is 72.2 Å². The van der Waals surface area contributed by atoms with Crippen molar-refractivity contribution >= 4 is 27.7 Å². The first-order valence-electron chi connectivity index (χ1n) is 9.22. The van der Waals surface area contributed by atoms with Crippen molar-refractivity contribution in [3.8, 4) is 0 Å². The highest BCUT2D eigenvalue weighted by molar-refractivity contribution is 9.10. The number of amides is 2. The number of hydrogen-bond donors (Lipinski definition) is 1. The minimum absolute atomic E-state index is 0.0590. The van der Waals surface area contributed by atoms with Gasteiger partial charge in [-0.15, -0.1) is 0 Å². The molecule has 1 unspecified atom stereocenters. The van der Waals surface area contributed by atoms with E-state index in [9.17, 15) is 9.59 Å². The lowest BCUT2D eigenvalue weighted by Crippen LogP contribution is -2.48. The molecule has 2 amide bonds. The monoisotopic (exact) mass is 430 g/mol. The molecule has 2 rings (SSSR count). The lowest BCUT2D eigenvalue weighted by atomic mass is 10.1.